The van der Waals surface area contributed by atoms with Crippen LogP contribution in [0.3, 0.4) is 0 Å². The van der Waals surface area contributed by atoms with Gasteiger partial charge >= 0.3 is 0 Å². The third kappa shape index (κ3) is 4.26. The van der Waals surface area contributed by atoms with Crippen LogP contribution in [0.5, 0.6) is 0 Å². The molecular formula is C52H37NS. The van der Waals surface area contributed by atoms with E-state index in [0.717, 1.165) is 17.1 Å². The van der Waals surface area contributed by atoms with E-state index in [1.807, 2.05) is 11.3 Å². The molecule has 1 aromatic heterocycles. The molecule has 0 atom stereocenters. The van der Waals surface area contributed by atoms with E-state index in [1.54, 1.807) is 0 Å². The first-order valence-electron chi connectivity index (χ1n) is 18.9. The zero-order valence-corrected chi connectivity index (χ0v) is 31.1. The third-order valence-electron chi connectivity index (χ3n) is 12.1. The van der Waals surface area contributed by atoms with Crippen molar-refractivity contribution in [1.82, 2.24) is 0 Å². The third-order valence-corrected chi connectivity index (χ3v) is 13.3. The van der Waals surface area contributed by atoms with Gasteiger partial charge in [-0.15, -0.1) is 11.3 Å². The summed E-state index contributed by atoms with van der Waals surface area (Å²) in [7, 11) is 0. The lowest BCUT2D eigenvalue weighted by Crippen LogP contribution is -2.40. The van der Waals surface area contributed by atoms with Crippen molar-refractivity contribution in [2.45, 2.75) is 24.7 Å². The van der Waals surface area contributed by atoms with Crippen molar-refractivity contribution in [3.63, 3.8) is 0 Å². The molecule has 2 heteroatoms. The number of hydrogen-bond acceptors (Lipinski definition) is 2. The molecule has 1 nitrogen and oxygen atoms in total. The number of thiophene rings is 1. The molecule has 54 heavy (non-hydrogen) atoms. The standard InChI is InChI=1S/C52H37NS/c1-51(2)43-21-9-11-23-45(43)52(46-24-12-10-22-44(46)51)42-20-8-6-18-40(42)50-38(19-14-25-47(50)52)34-27-29-36(30-28-34)53(35-15-4-3-5-16-35)37-31-32-49-41(33-37)39-17-7-13-26-48(39)54-49/h3-33H,1-2H3. The van der Waals surface area contributed by atoms with Gasteiger partial charge in [0, 0.05) is 42.6 Å². The molecule has 0 fully saturated rings. The van der Waals surface area contributed by atoms with Gasteiger partial charge in [0.1, 0.15) is 0 Å². The maximum atomic E-state index is 2.39. The molecule has 0 radical (unpaired) electrons. The van der Waals surface area contributed by atoms with Crippen LogP contribution in [0.4, 0.5) is 17.1 Å². The van der Waals surface area contributed by atoms with E-state index in [9.17, 15) is 0 Å². The van der Waals surface area contributed by atoms with E-state index in [1.165, 1.54) is 75.8 Å². The lowest BCUT2D eigenvalue weighted by molar-refractivity contribution is 0.563. The summed E-state index contributed by atoms with van der Waals surface area (Å²) in [4.78, 5) is 2.38. The molecule has 0 aliphatic heterocycles. The van der Waals surface area contributed by atoms with E-state index in [0.29, 0.717) is 0 Å². The number of para-hydroxylation sites is 1. The van der Waals surface area contributed by atoms with E-state index < -0.39 is 5.41 Å². The second-order valence-electron chi connectivity index (χ2n) is 15.2. The van der Waals surface area contributed by atoms with Gasteiger partial charge in [-0.2, -0.15) is 0 Å². The zero-order chi connectivity index (χ0) is 36.0. The number of anilines is 3. The SMILES string of the molecule is CC1(C)c2ccccc2C2(c3ccccc3-c3c(-c4ccc(N(c5ccccc5)c5ccc6sc7ccccc7c6c5)cc4)cccc32)c2ccccc21. The second kappa shape index (κ2) is 11.6. The highest BCUT2D eigenvalue weighted by atomic mass is 32.1. The molecule has 0 saturated heterocycles. The molecule has 1 spiro atoms. The van der Waals surface area contributed by atoms with E-state index in [2.05, 4.69) is 207 Å². The summed E-state index contributed by atoms with van der Waals surface area (Å²) in [5.74, 6) is 0. The Bertz CT molecular complexity index is 2860. The quantitative estimate of drug-likeness (QED) is 0.176. The van der Waals surface area contributed by atoms with Crippen molar-refractivity contribution in [1.29, 1.82) is 0 Å². The Morgan fingerprint density at radius 3 is 1.67 bits per heavy atom. The normalized spacial score (nSPS) is 14.4. The predicted octanol–water partition coefficient (Wildman–Crippen LogP) is 14.2. The van der Waals surface area contributed by atoms with Crippen LogP contribution in [0.1, 0.15) is 47.2 Å². The van der Waals surface area contributed by atoms with Crippen molar-refractivity contribution in [3.8, 4) is 22.3 Å². The second-order valence-corrected chi connectivity index (χ2v) is 16.3. The van der Waals surface area contributed by atoms with Crippen LogP contribution >= 0.6 is 11.3 Å². The van der Waals surface area contributed by atoms with Crippen molar-refractivity contribution in [2.75, 3.05) is 4.90 Å². The smallest absolute Gasteiger partial charge is 0.0719 e. The zero-order valence-electron chi connectivity index (χ0n) is 30.3. The molecule has 0 N–H and O–H groups in total. The van der Waals surface area contributed by atoms with Crippen molar-refractivity contribution in [3.05, 3.63) is 221 Å². The lowest BCUT2D eigenvalue weighted by atomic mass is 9.55. The average Bonchev–Trinajstić information content (AvgIpc) is 3.75. The minimum atomic E-state index is -0.404. The Morgan fingerprint density at radius 1 is 0.389 bits per heavy atom. The molecular weight excluding hydrogens is 671 g/mol. The van der Waals surface area contributed by atoms with Crippen molar-refractivity contribution >= 4 is 48.6 Å². The van der Waals surface area contributed by atoms with E-state index in [4.69, 9.17) is 0 Å². The number of fused-ring (bicyclic) bond motifs is 12. The Hall–Kier alpha value is -6.22. The van der Waals surface area contributed by atoms with Crippen LogP contribution in [0, 0.1) is 0 Å². The fourth-order valence-electron chi connectivity index (χ4n) is 9.82. The van der Waals surface area contributed by atoms with Gasteiger partial charge in [-0.1, -0.05) is 153 Å². The van der Waals surface area contributed by atoms with Gasteiger partial charge in [0.05, 0.1) is 5.41 Å². The summed E-state index contributed by atoms with van der Waals surface area (Å²) in [5.41, 5.74) is 16.3. The maximum absolute atomic E-state index is 2.39. The van der Waals surface area contributed by atoms with Gasteiger partial charge in [-0.25, -0.2) is 0 Å². The minimum absolute atomic E-state index is 0.116. The van der Waals surface area contributed by atoms with Gasteiger partial charge < -0.3 is 4.90 Å². The molecule has 9 aromatic rings. The fraction of sp³-hybridized carbons (Fsp3) is 0.0769. The molecule has 0 saturated carbocycles. The maximum Gasteiger partial charge on any atom is 0.0719 e. The topological polar surface area (TPSA) is 3.24 Å². The number of benzene rings is 8. The molecule has 2 aliphatic rings. The van der Waals surface area contributed by atoms with Crippen LogP contribution in [0.2, 0.25) is 0 Å². The van der Waals surface area contributed by atoms with Crippen LogP contribution in [-0.4, -0.2) is 0 Å². The van der Waals surface area contributed by atoms with Gasteiger partial charge in [0.15, 0.2) is 0 Å². The molecule has 0 amide bonds. The number of nitrogens with zero attached hydrogens (tertiary/aromatic N) is 1. The monoisotopic (exact) mass is 707 g/mol. The first-order chi connectivity index (χ1) is 26.5. The van der Waals surface area contributed by atoms with Crippen molar-refractivity contribution in [2.24, 2.45) is 0 Å². The summed E-state index contributed by atoms with van der Waals surface area (Å²) in [6.45, 7) is 4.77. The van der Waals surface area contributed by atoms with Crippen LogP contribution < -0.4 is 4.90 Å². The highest BCUT2D eigenvalue weighted by molar-refractivity contribution is 7.25. The fourth-order valence-corrected chi connectivity index (χ4v) is 10.9. The molecule has 1 heterocycles. The summed E-state index contributed by atoms with van der Waals surface area (Å²) in [6.07, 6.45) is 0. The predicted molar refractivity (Wildman–Crippen MR) is 229 cm³/mol. The van der Waals surface area contributed by atoms with Gasteiger partial charge in [-0.3, -0.25) is 0 Å². The lowest BCUT2D eigenvalue weighted by Gasteiger charge is -2.46. The number of rotatable bonds is 4. The molecule has 0 bridgehead atoms. The van der Waals surface area contributed by atoms with Gasteiger partial charge in [0.25, 0.3) is 0 Å². The first-order valence-corrected chi connectivity index (χ1v) is 19.7. The Labute approximate surface area is 320 Å². The summed E-state index contributed by atoms with van der Waals surface area (Å²) >= 11 is 1.86. The molecule has 2 aliphatic carbocycles. The average molecular weight is 708 g/mol. The highest BCUT2D eigenvalue weighted by Gasteiger charge is 2.53. The van der Waals surface area contributed by atoms with Crippen LogP contribution in [0.25, 0.3) is 42.4 Å². The summed E-state index contributed by atoms with van der Waals surface area (Å²) in [5, 5.41) is 2.61. The molecule has 11 rings (SSSR count). The Morgan fingerprint density at radius 2 is 0.926 bits per heavy atom. The summed E-state index contributed by atoms with van der Waals surface area (Å²) in [6, 6.07) is 70.1. The van der Waals surface area contributed by atoms with Crippen LogP contribution in [0.15, 0.2) is 188 Å². The van der Waals surface area contributed by atoms with Crippen LogP contribution in [-0.2, 0) is 10.8 Å². The first kappa shape index (κ1) is 31.3. The minimum Gasteiger partial charge on any atom is -0.310 e. The number of hydrogen-bond donors (Lipinski definition) is 0. The largest absolute Gasteiger partial charge is 0.310 e. The molecule has 8 aromatic carbocycles. The molecule has 256 valence electrons. The van der Waals surface area contributed by atoms with E-state index in [-0.39, 0.29) is 5.41 Å². The van der Waals surface area contributed by atoms with Gasteiger partial charge in [-0.05, 0) is 104 Å². The highest BCUT2D eigenvalue weighted by Crippen LogP contribution is 2.63. The molecule has 0 unspecified atom stereocenters. The Kier molecular flexibility index (Phi) is 6.75. The van der Waals surface area contributed by atoms with E-state index >= 15 is 0 Å². The van der Waals surface area contributed by atoms with Gasteiger partial charge in [0.2, 0.25) is 0 Å². The Balaban J connectivity index is 1.09. The summed E-state index contributed by atoms with van der Waals surface area (Å²) < 4.78 is 2.63. The van der Waals surface area contributed by atoms with Crippen molar-refractivity contribution < 1.29 is 0 Å².